The molecule has 0 bridgehead atoms. The van der Waals surface area contributed by atoms with Crippen LogP contribution in [0.25, 0.3) is 22.2 Å². The normalized spacial score (nSPS) is 14.4. The molecule has 7 nitrogen and oxygen atoms in total. The lowest BCUT2D eigenvalue weighted by molar-refractivity contribution is 0.639. The second kappa shape index (κ2) is 7.43. The third-order valence-electron chi connectivity index (χ3n) is 5.21. The Balaban J connectivity index is 1.32. The maximum absolute atomic E-state index is 4.71. The standard InChI is InChI=1S/C22H21N7/c1-16-24-20-15-23-10-9-18(20)22(25-16)29-13-11-28(12-14-29)21-8-7-19(26-27-21)17-5-3-2-4-6-17/h2-10,15H,11-14H2,1H3. The molecule has 4 heterocycles. The van der Waals surface area contributed by atoms with Gasteiger partial charge >= 0.3 is 0 Å². The van der Waals surface area contributed by atoms with Crippen molar-refractivity contribution in [1.82, 2.24) is 25.1 Å². The van der Waals surface area contributed by atoms with Crippen molar-refractivity contribution in [3.8, 4) is 11.3 Å². The first-order valence-corrected chi connectivity index (χ1v) is 9.75. The quantitative estimate of drug-likeness (QED) is 0.538. The van der Waals surface area contributed by atoms with Crippen molar-refractivity contribution < 1.29 is 0 Å². The molecular formula is C22H21N7. The summed E-state index contributed by atoms with van der Waals surface area (Å²) in [4.78, 5) is 18.0. The number of hydrogen-bond donors (Lipinski definition) is 0. The van der Waals surface area contributed by atoms with Crippen LogP contribution in [0.1, 0.15) is 5.82 Å². The van der Waals surface area contributed by atoms with Crippen molar-refractivity contribution >= 4 is 22.5 Å². The van der Waals surface area contributed by atoms with Gasteiger partial charge in [0, 0.05) is 43.3 Å². The molecular weight excluding hydrogens is 362 g/mol. The minimum atomic E-state index is 0.769. The van der Waals surface area contributed by atoms with E-state index in [2.05, 4.69) is 36.0 Å². The average Bonchev–Trinajstić information content (AvgIpc) is 2.79. The molecule has 1 aliphatic rings. The Hall–Kier alpha value is -3.61. The lowest BCUT2D eigenvalue weighted by Gasteiger charge is -2.36. The van der Waals surface area contributed by atoms with Crippen LogP contribution in [0.2, 0.25) is 0 Å². The summed E-state index contributed by atoms with van der Waals surface area (Å²) in [5, 5.41) is 9.93. The van der Waals surface area contributed by atoms with Crippen LogP contribution < -0.4 is 9.80 Å². The van der Waals surface area contributed by atoms with E-state index < -0.39 is 0 Å². The number of benzene rings is 1. The van der Waals surface area contributed by atoms with Gasteiger partial charge in [-0.05, 0) is 25.1 Å². The molecule has 7 heteroatoms. The molecule has 144 valence electrons. The number of piperazine rings is 1. The van der Waals surface area contributed by atoms with Gasteiger partial charge in [-0.15, -0.1) is 10.2 Å². The van der Waals surface area contributed by atoms with Crippen LogP contribution in [0.15, 0.2) is 60.9 Å². The minimum absolute atomic E-state index is 0.769. The predicted octanol–water partition coefficient (Wildman–Crippen LogP) is 3.12. The van der Waals surface area contributed by atoms with Crippen LogP contribution in [0.5, 0.6) is 0 Å². The average molecular weight is 383 g/mol. The van der Waals surface area contributed by atoms with Crippen molar-refractivity contribution in [3.63, 3.8) is 0 Å². The summed E-state index contributed by atoms with van der Waals surface area (Å²) in [6.45, 7) is 5.41. The minimum Gasteiger partial charge on any atom is -0.352 e. The zero-order chi connectivity index (χ0) is 19.6. The molecule has 1 aromatic carbocycles. The van der Waals surface area contributed by atoms with Gasteiger partial charge < -0.3 is 9.80 Å². The van der Waals surface area contributed by atoms with Crippen LogP contribution in [-0.2, 0) is 0 Å². The van der Waals surface area contributed by atoms with E-state index in [9.17, 15) is 0 Å². The summed E-state index contributed by atoms with van der Waals surface area (Å²) in [6, 6.07) is 16.2. The summed E-state index contributed by atoms with van der Waals surface area (Å²) in [6.07, 6.45) is 3.60. The van der Waals surface area contributed by atoms with E-state index in [0.29, 0.717) is 0 Å². The summed E-state index contributed by atoms with van der Waals surface area (Å²) in [5.41, 5.74) is 2.86. The van der Waals surface area contributed by atoms with Gasteiger partial charge in [0.25, 0.3) is 0 Å². The number of hydrogen-bond acceptors (Lipinski definition) is 7. The molecule has 5 rings (SSSR count). The first-order chi connectivity index (χ1) is 14.3. The van der Waals surface area contributed by atoms with E-state index in [0.717, 1.165) is 65.8 Å². The van der Waals surface area contributed by atoms with Gasteiger partial charge in [0.15, 0.2) is 5.82 Å². The maximum Gasteiger partial charge on any atom is 0.151 e. The highest BCUT2D eigenvalue weighted by Gasteiger charge is 2.21. The molecule has 0 saturated carbocycles. The number of aryl methyl sites for hydroxylation is 1. The van der Waals surface area contributed by atoms with Crippen molar-refractivity contribution in [2.45, 2.75) is 6.92 Å². The topological polar surface area (TPSA) is 70.9 Å². The largest absolute Gasteiger partial charge is 0.352 e. The van der Waals surface area contributed by atoms with E-state index in [1.54, 1.807) is 12.4 Å². The number of rotatable bonds is 3. The summed E-state index contributed by atoms with van der Waals surface area (Å²) >= 11 is 0. The number of anilines is 2. The monoisotopic (exact) mass is 383 g/mol. The Morgan fingerprint density at radius 3 is 2.34 bits per heavy atom. The smallest absolute Gasteiger partial charge is 0.151 e. The molecule has 1 fully saturated rings. The third-order valence-corrected chi connectivity index (χ3v) is 5.21. The molecule has 0 N–H and O–H groups in total. The Morgan fingerprint density at radius 2 is 1.59 bits per heavy atom. The molecule has 4 aromatic rings. The van der Waals surface area contributed by atoms with E-state index in [4.69, 9.17) is 4.98 Å². The van der Waals surface area contributed by atoms with Gasteiger partial charge in [-0.1, -0.05) is 30.3 Å². The molecule has 0 aliphatic carbocycles. The maximum atomic E-state index is 4.71. The lowest BCUT2D eigenvalue weighted by atomic mass is 10.1. The summed E-state index contributed by atoms with van der Waals surface area (Å²) in [7, 11) is 0. The molecule has 0 atom stereocenters. The van der Waals surface area contributed by atoms with Crippen molar-refractivity contribution in [2.75, 3.05) is 36.0 Å². The third kappa shape index (κ3) is 3.47. The lowest BCUT2D eigenvalue weighted by Crippen LogP contribution is -2.47. The van der Waals surface area contributed by atoms with Gasteiger partial charge in [0.2, 0.25) is 0 Å². The fourth-order valence-electron chi connectivity index (χ4n) is 3.72. The highest BCUT2D eigenvalue weighted by Crippen LogP contribution is 2.25. The fourth-order valence-corrected chi connectivity index (χ4v) is 3.72. The van der Waals surface area contributed by atoms with Crippen LogP contribution >= 0.6 is 0 Å². The zero-order valence-corrected chi connectivity index (χ0v) is 16.2. The van der Waals surface area contributed by atoms with Crippen LogP contribution in [0.4, 0.5) is 11.6 Å². The SMILES string of the molecule is Cc1nc(N2CCN(c3ccc(-c4ccccc4)nn3)CC2)c2ccncc2n1. The van der Waals surface area contributed by atoms with E-state index in [1.807, 2.05) is 49.4 Å². The molecule has 1 saturated heterocycles. The molecule has 0 radical (unpaired) electrons. The highest BCUT2D eigenvalue weighted by atomic mass is 15.3. The number of fused-ring (bicyclic) bond motifs is 1. The van der Waals surface area contributed by atoms with Crippen LogP contribution in [0, 0.1) is 6.92 Å². The van der Waals surface area contributed by atoms with E-state index in [1.165, 1.54) is 0 Å². The zero-order valence-electron chi connectivity index (χ0n) is 16.2. The highest BCUT2D eigenvalue weighted by molar-refractivity contribution is 5.88. The molecule has 0 amide bonds. The van der Waals surface area contributed by atoms with E-state index in [-0.39, 0.29) is 0 Å². The molecule has 3 aromatic heterocycles. The first-order valence-electron chi connectivity index (χ1n) is 9.75. The fraction of sp³-hybridized carbons (Fsp3) is 0.227. The Kier molecular flexibility index (Phi) is 4.48. The summed E-state index contributed by atoms with van der Waals surface area (Å²) < 4.78 is 0. The van der Waals surface area contributed by atoms with Gasteiger partial charge in [-0.25, -0.2) is 9.97 Å². The van der Waals surface area contributed by atoms with Crippen LogP contribution in [0.3, 0.4) is 0 Å². The van der Waals surface area contributed by atoms with E-state index >= 15 is 0 Å². The Bertz CT molecular complexity index is 1120. The predicted molar refractivity (Wildman–Crippen MR) is 114 cm³/mol. The Morgan fingerprint density at radius 1 is 0.793 bits per heavy atom. The Labute approximate surface area is 169 Å². The van der Waals surface area contributed by atoms with Gasteiger partial charge in [0.1, 0.15) is 11.6 Å². The second-order valence-electron chi connectivity index (χ2n) is 7.10. The number of pyridine rings is 1. The number of nitrogens with zero attached hydrogens (tertiary/aromatic N) is 7. The molecule has 0 unspecified atom stereocenters. The first kappa shape index (κ1) is 17.5. The molecule has 29 heavy (non-hydrogen) atoms. The van der Waals surface area contributed by atoms with Crippen molar-refractivity contribution in [1.29, 1.82) is 0 Å². The van der Waals surface area contributed by atoms with Crippen molar-refractivity contribution in [2.24, 2.45) is 0 Å². The van der Waals surface area contributed by atoms with Gasteiger partial charge in [0.05, 0.1) is 17.4 Å². The van der Waals surface area contributed by atoms with Gasteiger partial charge in [-0.2, -0.15) is 0 Å². The molecule has 0 spiro atoms. The summed E-state index contributed by atoms with van der Waals surface area (Å²) in [5.74, 6) is 2.67. The van der Waals surface area contributed by atoms with Crippen LogP contribution in [-0.4, -0.2) is 51.3 Å². The second-order valence-corrected chi connectivity index (χ2v) is 7.10. The number of aromatic nitrogens is 5. The van der Waals surface area contributed by atoms with Crippen molar-refractivity contribution in [3.05, 3.63) is 66.7 Å². The molecule has 1 aliphatic heterocycles. The van der Waals surface area contributed by atoms with Gasteiger partial charge in [-0.3, -0.25) is 4.98 Å².